The standard InChI is InChI=1S/C36H59NO11/c1-24(2)35(47)23-34(46)22-33(45)20-29(41)14-7-13-28(40)19-32(44)21-31(43)18-27(39)12-6-11-26(38)17-30(42)15-8-16-37-36(48)25-9-4-3-5-10-25/h3-7,9-10,12,14,24,26-34,38-46H,8,11,13,15-23H2,1-2H3,(H,37,48). The Morgan fingerprint density at radius 3 is 1.60 bits per heavy atom. The molecular weight excluding hydrogens is 622 g/mol. The summed E-state index contributed by atoms with van der Waals surface area (Å²) < 4.78 is 0. The highest BCUT2D eigenvalue weighted by molar-refractivity contribution is 5.94. The molecule has 12 nitrogen and oxygen atoms in total. The van der Waals surface area contributed by atoms with Crippen LogP contribution in [0.4, 0.5) is 0 Å². The molecule has 0 aliphatic heterocycles. The SMILES string of the molecule is CC(C)C(=O)CC(O)CC(O)CC(O)C=CCC(O)CC(O)CC(O)CC(O)C=CCC(O)CC(O)CCCNC(=O)c1ccccc1. The first kappa shape index (κ1) is 43.5. The van der Waals surface area contributed by atoms with E-state index in [0.29, 0.717) is 24.9 Å². The topological polar surface area (TPSA) is 228 Å². The first-order chi connectivity index (χ1) is 22.7. The van der Waals surface area contributed by atoms with Crippen molar-refractivity contribution in [3.63, 3.8) is 0 Å². The number of hydrogen-bond acceptors (Lipinski definition) is 11. The van der Waals surface area contributed by atoms with Crippen molar-refractivity contribution in [3.05, 3.63) is 60.2 Å². The van der Waals surface area contributed by atoms with E-state index in [1.54, 1.807) is 44.2 Å². The van der Waals surface area contributed by atoms with E-state index in [2.05, 4.69) is 5.32 Å². The largest absolute Gasteiger partial charge is 0.393 e. The Balaban J connectivity index is 2.22. The summed E-state index contributed by atoms with van der Waals surface area (Å²) in [5.41, 5.74) is 0.561. The van der Waals surface area contributed by atoms with Crippen molar-refractivity contribution in [2.24, 2.45) is 5.92 Å². The summed E-state index contributed by atoms with van der Waals surface area (Å²) in [4.78, 5) is 23.7. The molecule has 10 N–H and O–H groups in total. The molecule has 0 aromatic heterocycles. The number of benzene rings is 1. The van der Waals surface area contributed by atoms with Crippen LogP contribution in [0.2, 0.25) is 0 Å². The molecule has 0 fully saturated rings. The lowest BCUT2D eigenvalue weighted by atomic mass is 9.97. The molecule has 0 heterocycles. The van der Waals surface area contributed by atoms with Gasteiger partial charge in [0, 0.05) is 37.3 Å². The molecule has 0 radical (unpaired) electrons. The third-order valence-corrected chi connectivity index (χ3v) is 7.85. The predicted octanol–water partition coefficient (Wildman–Crippen LogP) is 1.29. The predicted molar refractivity (Wildman–Crippen MR) is 182 cm³/mol. The zero-order valence-corrected chi connectivity index (χ0v) is 28.3. The minimum Gasteiger partial charge on any atom is -0.393 e. The molecule has 0 aliphatic rings. The van der Waals surface area contributed by atoms with Crippen LogP contribution in [0.5, 0.6) is 0 Å². The van der Waals surface area contributed by atoms with Gasteiger partial charge < -0.3 is 51.3 Å². The van der Waals surface area contributed by atoms with Gasteiger partial charge in [-0.15, -0.1) is 0 Å². The fraction of sp³-hybridized carbons (Fsp3) is 0.667. The molecule has 274 valence electrons. The van der Waals surface area contributed by atoms with E-state index in [1.807, 2.05) is 6.07 Å². The lowest BCUT2D eigenvalue weighted by Gasteiger charge is -2.19. The molecule has 48 heavy (non-hydrogen) atoms. The molecule has 0 spiro atoms. The third kappa shape index (κ3) is 21.5. The summed E-state index contributed by atoms with van der Waals surface area (Å²) in [6, 6.07) is 8.81. The average molecular weight is 682 g/mol. The Bertz CT molecular complexity index is 1070. The quantitative estimate of drug-likeness (QED) is 0.0495. The van der Waals surface area contributed by atoms with E-state index >= 15 is 0 Å². The normalized spacial score (nSPS) is 17.9. The smallest absolute Gasteiger partial charge is 0.251 e. The van der Waals surface area contributed by atoms with Gasteiger partial charge in [-0.3, -0.25) is 9.59 Å². The number of hydrogen-bond donors (Lipinski definition) is 10. The van der Waals surface area contributed by atoms with Gasteiger partial charge in [-0.1, -0.05) is 56.4 Å². The van der Waals surface area contributed by atoms with E-state index in [9.17, 15) is 55.5 Å². The van der Waals surface area contributed by atoms with E-state index in [0.717, 1.165) is 0 Å². The fourth-order valence-corrected chi connectivity index (χ4v) is 5.14. The van der Waals surface area contributed by atoms with Gasteiger partial charge >= 0.3 is 0 Å². The third-order valence-electron chi connectivity index (χ3n) is 7.85. The Hall–Kier alpha value is -2.52. The summed E-state index contributed by atoms with van der Waals surface area (Å²) in [5.74, 6) is -0.504. The van der Waals surface area contributed by atoms with Crippen LogP contribution < -0.4 is 5.32 Å². The number of rotatable bonds is 26. The van der Waals surface area contributed by atoms with Crippen LogP contribution in [0.1, 0.15) is 94.8 Å². The van der Waals surface area contributed by atoms with Gasteiger partial charge in [0.25, 0.3) is 5.91 Å². The van der Waals surface area contributed by atoms with E-state index in [-0.39, 0.29) is 75.4 Å². The van der Waals surface area contributed by atoms with Crippen molar-refractivity contribution in [1.82, 2.24) is 5.32 Å². The molecule has 12 heteroatoms. The maximum absolute atomic E-state index is 12.0. The molecule has 0 saturated heterocycles. The Labute approximate surface area is 284 Å². The van der Waals surface area contributed by atoms with Gasteiger partial charge in [0.1, 0.15) is 5.78 Å². The second kappa shape index (κ2) is 24.6. The molecular formula is C36H59NO11. The molecule has 1 aromatic carbocycles. The van der Waals surface area contributed by atoms with Crippen LogP contribution in [0.3, 0.4) is 0 Å². The van der Waals surface area contributed by atoms with Gasteiger partial charge in [0.05, 0.1) is 54.9 Å². The van der Waals surface area contributed by atoms with E-state index in [1.165, 1.54) is 18.2 Å². The molecule has 9 unspecified atom stereocenters. The van der Waals surface area contributed by atoms with Crippen LogP contribution in [-0.2, 0) is 4.79 Å². The van der Waals surface area contributed by atoms with Crippen molar-refractivity contribution in [2.75, 3.05) is 6.54 Å². The minimum atomic E-state index is -1.05. The van der Waals surface area contributed by atoms with Gasteiger partial charge in [-0.2, -0.15) is 0 Å². The molecule has 1 amide bonds. The van der Waals surface area contributed by atoms with Crippen LogP contribution in [0.25, 0.3) is 0 Å². The second-order valence-electron chi connectivity index (χ2n) is 13.0. The summed E-state index contributed by atoms with van der Waals surface area (Å²) in [6.07, 6.45) is -1.78. The molecule has 1 aromatic rings. The zero-order valence-electron chi connectivity index (χ0n) is 28.3. The maximum Gasteiger partial charge on any atom is 0.251 e. The van der Waals surface area contributed by atoms with E-state index < -0.39 is 54.9 Å². The number of aliphatic hydroxyl groups excluding tert-OH is 9. The number of aliphatic hydroxyl groups is 9. The number of Topliss-reactive ketones (excluding diaryl/α,β-unsaturated/α-hetero) is 1. The van der Waals surface area contributed by atoms with Crippen molar-refractivity contribution in [1.29, 1.82) is 0 Å². The summed E-state index contributed by atoms with van der Waals surface area (Å²) >= 11 is 0. The van der Waals surface area contributed by atoms with Crippen molar-refractivity contribution in [3.8, 4) is 0 Å². The van der Waals surface area contributed by atoms with Crippen LogP contribution in [0.15, 0.2) is 54.6 Å². The average Bonchev–Trinajstić information content (AvgIpc) is 2.98. The molecule has 9 atom stereocenters. The number of carbonyl (C=O) groups is 2. The minimum absolute atomic E-state index is 0.0443. The van der Waals surface area contributed by atoms with Crippen LogP contribution in [0, 0.1) is 5.92 Å². The van der Waals surface area contributed by atoms with E-state index in [4.69, 9.17) is 0 Å². The van der Waals surface area contributed by atoms with Gasteiger partial charge in [0.15, 0.2) is 0 Å². The number of carbonyl (C=O) groups excluding carboxylic acids is 2. The van der Waals surface area contributed by atoms with Crippen molar-refractivity contribution >= 4 is 11.7 Å². The molecule has 0 bridgehead atoms. The Morgan fingerprint density at radius 1 is 0.625 bits per heavy atom. The first-order valence-electron chi connectivity index (χ1n) is 17.0. The summed E-state index contributed by atoms with van der Waals surface area (Å²) in [5, 5.41) is 94.2. The monoisotopic (exact) mass is 681 g/mol. The molecule has 0 aliphatic carbocycles. The number of ketones is 1. The van der Waals surface area contributed by atoms with Gasteiger partial charge in [0.2, 0.25) is 0 Å². The van der Waals surface area contributed by atoms with Gasteiger partial charge in [-0.05, 0) is 63.5 Å². The fourth-order valence-electron chi connectivity index (χ4n) is 5.14. The van der Waals surface area contributed by atoms with Gasteiger partial charge in [-0.25, -0.2) is 0 Å². The second-order valence-corrected chi connectivity index (χ2v) is 13.0. The Kier molecular flexibility index (Phi) is 22.3. The maximum atomic E-state index is 12.0. The van der Waals surface area contributed by atoms with Crippen LogP contribution >= 0.6 is 0 Å². The lowest BCUT2D eigenvalue weighted by Crippen LogP contribution is -2.26. The van der Waals surface area contributed by atoms with Crippen LogP contribution in [-0.4, -0.2) is 119 Å². The highest BCUT2D eigenvalue weighted by Gasteiger charge is 2.20. The summed E-state index contributed by atoms with van der Waals surface area (Å²) in [7, 11) is 0. The highest BCUT2D eigenvalue weighted by atomic mass is 16.3. The first-order valence-corrected chi connectivity index (χ1v) is 17.0. The van der Waals surface area contributed by atoms with Crippen molar-refractivity contribution in [2.45, 2.75) is 139 Å². The lowest BCUT2D eigenvalue weighted by molar-refractivity contribution is -0.124. The number of amides is 1. The zero-order chi connectivity index (χ0) is 36.1. The number of nitrogens with one attached hydrogen (secondary N) is 1. The summed E-state index contributed by atoms with van der Waals surface area (Å²) in [6.45, 7) is 3.86. The Morgan fingerprint density at radius 2 is 1.08 bits per heavy atom. The highest BCUT2D eigenvalue weighted by Crippen LogP contribution is 2.15. The molecule has 0 saturated carbocycles. The molecule has 1 rings (SSSR count). The van der Waals surface area contributed by atoms with Crippen molar-refractivity contribution < 1.29 is 55.5 Å².